The molecule has 6 nitrogen and oxygen atoms in total. The van der Waals surface area contributed by atoms with Crippen LogP contribution >= 0.6 is 11.3 Å². The molecule has 0 spiro atoms. The van der Waals surface area contributed by atoms with Gasteiger partial charge in [-0.15, -0.1) is 11.3 Å². The zero-order chi connectivity index (χ0) is 19.6. The highest BCUT2D eigenvalue weighted by Gasteiger charge is 2.31. The van der Waals surface area contributed by atoms with Gasteiger partial charge in [-0.3, -0.25) is 15.0 Å². The average Bonchev–Trinajstić information content (AvgIpc) is 3.06. The number of hydrogen-bond donors (Lipinski definition) is 1. The van der Waals surface area contributed by atoms with Crippen LogP contribution in [-0.2, 0) is 16.0 Å². The molecule has 1 saturated carbocycles. The minimum atomic E-state index is -0.329. The van der Waals surface area contributed by atoms with E-state index in [2.05, 4.69) is 31.2 Å². The van der Waals surface area contributed by atoms with Crippen LogP contribution in [0, 0.1) is 17.8 Å². The molecule has 0 radical (unpaired) electrons. The third-order valence-electron chi connectivity index (χ3n) is 5.49. The fraction of sp³-hybridized carbons (Fsp3) is 0.650. The largest absolute Gasteiger partial charge is 0.368 e. The number of aromatic nitrogens is 2. The van der Waals surface area contributed by atoms with Crippen molar-refractivity contribution in [3.05, 3.63) is 27.6 Å². The van der Waals surface area contributed by atoms with Crippen LogP contribution < -0.4 is 11.0 Å². The van der Waals surface area contributed by atoms with Crippen LogP contribution in [0.5, 0.6) is 0 Å². The first-order chi connectivity index (χ1) is 12.9. The van der Waals surface area contributed by atoms with Crippen molar-refractivity contribution in [2.45, 2.75) is 59.5 Å². The molecule has 3 atom stereocenters. The first-order valence-corrected chi connectivity index (χ1v) is 10.6. The molecular weight excluding hydrogens is 362 g/mol. The van der Waals surface area contributed by atoms with Gasteiger partial charge in [-0.1, -0.05) is 34.1 Å². The number of nitrogens with zero attached hydrogens (tertiary/aromatic N) is 2. The van der Waals surface area contributed by atoms with Gasteiger partial charge in [-0.2, -0.15) is 0 Å². The topological polar surface area (TPSA) is 73.2 Å². The van der Waals surface area contributed by atoms with E-state index in [4.69, 9.17) is 4.74 Å². The van der Waals surface area contributed by atoms with Gasteiger partial charge in [0.1, 0.15) is 17.8 Å². The lowest BCUT2D eigenvalue weighted by atomic mass is 9.75. The predicted molar refractivity (Wildman–Crippen MR) is 109 cm³/mol. The molecule has 1 fully saturated rings. The SMILES string of the molecule is CCc1cc2c(=O)n(NC(=O)COC3CC(C)CCC3C(C)C)cnc2s1. The van der Waals surface area contributed by atoms with E-state index in [1.165, 1.54) is 24.1 Å². The van der Waals surface area contributed by atoms with E-state index < -0.39 is 0 Å². The molecule has 2 heterocycles. The Hall–Kier alpha value is -1.73. The molecule has 3 unspecified atom stereocenters. The minimum Gasteiger partial charge on any atom is -0.368 e. The second kappa shape index (κ2) is 8.52. The Balaban J connectivity index is 1.64. The number of amides is 1. The lowest BCUT2D eigenvalue weighted by Gasteiger charge is -2.37. The van der Waals surface area contributed by atoms with Gasteiger partial charge in [0.05, 0.1) is 11.5 Å². The molecule has 2 aromatic rings. The van der Waals surface area contributed by atoms with Crippen molar-refractivity contribution in [2.24, 2.45) is 17.8 Å². The molecule has 1 aliphatic rings. The van der Waals surface area contributed by atoms with E-state index in [1.54, 1.807) is 0 Å². The number of rotatable bonds is 6. The summed E-state index contributed by atoms with van der Waals surface area (Å²) in [7, 11) is 0. The number of carbonyl (C=O) groups is 1. The van der Waals surface area contributed by atoms with Crippen molar-refractivity contribution >= 4 is 27.5 Å². The summed E-state index contributed by atoms with van der Waals surface area (Å²) in [4.78, 5) is 31.0. The van der Waals surface area contributed by atoms with Gasteiger partial charge >= 0.3 is 0 Å². The molecule has 2 aromatic heterocycles. The fourth-order valence-corrected chi connectivity index (χ4v) is 4.81. The molecule has 0 bridgehead atoms. The molecule has 27 heavy (non-hydrogen) atoms. The Labute approximate surface area is 163 Å². The van der Waals surface area contributed by atoms with E-state index in [9.17, 15) is 9.59 Å². The molecule has 1 amide bonds. The summed E-state index contributed by atoms with van der Waals surface area (Å²) in [6.07, 6.45) is 5.67. The normalized spacial score (nSPS) is 23.1. The standard InChI is InChI=1S/C20H29N3O3S/c1-5-14-9-16-19(27-14)21-11-23(20(16)25)22-18(24)10-26-17-8-13(4)6-7-15(17)12(2)3/h9,11-13,15,17H,5-8,10H2,1-4H3,(H,22,24). The summed E-state index contributed by atoms with van der Waals surface area (Å²) in [6, 6.07) is 1.85. The zero-order valence-electron chi connectivity index (χ0n) is 16.5. The first kappa shape index (κ1) is 20.0. The maximum absolute atomic E-state index is 12.6. The van der Waals surface area contributed by atoms with E-state index in [0.717, 1.165) is 28.8 Å². The summed E-state index contributed by atoms with van der Waals surface area (Å²) in [6.45, 7) is 8.65. The molecule has 0 aliphatic heterocycles. The van der Waals surface area contributed by atoms with Crippen LogP contribution in [-0.4, -0.2) is 28.3 Å². The number of aryl methyl sites for hydroxylation is 1. The van der Waals surface area contributed by atoms with Crippen LogP contribution in [0.1, 0.15) is 51.8 Å². The third-order valence-corrected chi connectivity index (χ3v) is 6.67. The summed E-state index contributed by atoms with van der Waals surface area (Å²) >= 11 is 1.51. The Morgan fingerprint density at radius 1 is 1.44 bits per heavy atom. The van der Waals surface area contributed by atoms with Crippen LogP contribution in [0.15, 0.2) is 17.2 Å². The van der Waals surface area contributed by atoms with Crippen molar-refractivity contribution in [3.63, 3.8) is 0 Å². The number of thiophene rings is 1. The molecule has 148 valence electrons. The van der Waals surface area contributed by atoms with Gasteiger partial charge in [0.15, 0.2) is 0 Å². The number of nitrogens with one attached hydrogen (secondary N) is 1. The quantitative estimate of drug-likeness (QED) is 0.817. The monoisotopic (exact) mass is 391 g/mol. The van der Waals surface area contributed by atoms with E-state index in [-0.39, 0.29) is 24.2 Å². The highest BCUT2D eigenvalue weighted by molar-refractivity contribution is 7.18. The predicted octanol–water partition coefficient (Wildman–Crippen LogP) is 3.57. The molecule has 7 heteroatoms. The number of ether oxygens (including phenoxy) is 1. The number of carbonyl (C=O) groups excluding carboxylic acids is 1. The van der Waals surface area contributed by atoms with Crippen LogP contribution in [0.4, 0.5) is 0 Å². The van der Waals surface area contributed by atoms with Crippen LogP contribution in [0.2, 0.25) is 0 Å². The number of hydrogen-bond acceptors (Lipinski definition) is 5. The second-order valence-corrected chi connectivity index (χ2v) is 9.03. The summed E-state index contributed by atoms with van der Waals surface area (Å²) in [5, 5.41) is 0.543. The maximum Gasteiger partial charge on any atom is 0.280 e. The molecule has 1 N–H and O–H groups in total. The maximum atomic E-state index is 12.6. The fourth-order valence-electron chi connectivity index (χ4n) is 3.88. The van der Waals surface area contributed by atoms with Crippen molar-refractivity contribution < 1.29 is 9.53 Å². The summed E-state index contributed by atoms with van der Waals surface area (Å²) in [5.41, 5.74) is 2.35. The molecule has 3 rings (SSSR count). The third kappa shape index (κ3) is 4.58. The van der Waals surface area contributed by atoms with Gasteiger partial charge in [0, 0.05) is 4.88 Å². The Bertz CT molecular complexity index is 858. The van der Waals surface area contributed by atoms with E-state index in [1.807, 2.05) is 13.0 Å². The first-order valence-electron chi connectivity index (χ1n) is 9.80. The van der Waals surface area contributed by atoms with Gasteiger partial charge in [0.25, 0.3) is 11.5 Å². The van der Waals surface area contributed by atoms with E-state index in [0.29, 0.717) is 28.0 Å². The van der Waals surface area contributed by atoms with Crippen molar-refractivity contribution in [2.75, 3.05) is 12.0 Å². The van der Waals surface area contributed by atoms with Crippen molar-refractivity contribution in [1.82, 2.24) is 9.66 Å². The molecular formula is C20H29N3O3S. The van der Waals surface area contributed by atoms with Gasteiger partial charge < -0.3 is 4.74 Å². The average molecular weight is 392 g/mol. The molecule has 1 aliphatic carbocycles. The Morgan fingerprint density at radius 3 is 2.93 bits per heavy atom. The Kier molecular flexibility index (Phi) is 6.32. The molecule has 0 saturated heterocycles. The van der Waals surface area contributed by atoms with Crippen molar-refractivity contribution in [3.8, 4) is 0 Å². The van der Waals surface area contributed by atoms with E-state index >= 15 is 0 Å². The highest BCUT2D eigenvalue weighted by atomic mass is 32.1. The lowest BCUT2D eigenvalue weighted by molar-refractivity contribution is -0.127. The van der Waals surface area contributed by atoms with Crippen LogP contribution in [0.3, 0.4) is 0 Å². The second-order valence-electron chi connectivity index (χ2n) is 7.92. The zero-order valence-corrected chi connectivity index (χ0v) is 17.3. The van der Waals surface area contributed by atoms with Gasteiger partial charge in [0.2, 0.25) is 0 Å². The smallest absolute Gasteiger partial charge is 0.280 e. The Morgan fingerprint density at radius 2 is 2.22 bits per heavy atom. The van der Waals surface area contributed by atoms with Crippen molar-refractivity contribution in [1.29, 1.82) is 0 Å². The lowest BCUT2D eigenvalue weighted by Crippen LogP contribution is -2.39. The highest BCUT2D eigenvalue weighted by Crippen LogP contribution is 2.35. The molecule has 0 aromatic carbocycles. The summed E-state index contributed by atoms with van der Waals surface area (Å²) < 4.78 is 7.12. The minimum absolute atomic E-state index is 0.0467. The van der Waals surface area contributed by atoms with Gasteiger partial charge in [-0.25, -0.2) is 9.66 Å². The van der Waals surface area contributed by atoms with Crippen LogP contribution in [0.25, 0.3) is 10.2 Å². The van der Waals surface area contributed by atoms with Gasteiger partial charge in [-0.05, 0) is 43.1 Å². The number of fused-ring (bicyclic) bond motifs is 1. The summed E-state index contributed by atoms with van der Waals surface area (Å²) in [5.74, 6) is 1.30.